The highest BCUT2D eigenvalue weighted by Gasteiger charge is 2.10. The summed E-state index contributed by atoms with van der Waals surface area (Å²) >= 11 is 0. The van der Waals surface area contributed by atoms with Gasteiger partial charge in [-0.2, -0.15) is 0 Å². The molecule has 0 bridgehead atoms. The molecule has 7 heteroatoms. The van der Waals surface area contributed by atoms with E-state index in [1.54, 1.807) is 14.2 Å². The van der Waals surface area contributed by atoms with Gasteiger partial charge in [-0.1, -0.05) is 24.3 Å². The number of hydrogen-bond acceptors (Lipinski definition) is 4. The first-order valence-corrected chi connectivity index (χ1v) is 9.57. The van der Waals surface area contributed by atoms with Gasteiger partial charge in [-0.25, -0.2) is 4.99 Å². The third-order valence-corrected chi connectivity index (χ3v) is 4.21. The van der Waals surface area contributed by atoms with E-state index in [0.717, 1.165) is 29.4 Å². The van der Waals surface area contributed by atoms with E-state index in [2.05, 4.69) is 35.8 Å². The molecule has 0 saturated carbocycles. The molecular formula is C22H32IN3O3. The SMILES string of the molecule is CCNC(=NCc1cccc(OC)c1OC)NCc1ccc(C)cc1OCC.I. The molecule has 0 radical (unpaired) electrons. The first-order chi connectivity index (χ1) is 13.6. The molecule has 0 atom stereocenters. The van der Waals surface area contributed by atoms with E-state index < -0.39 is 0 Å². The lowest BCUT2D eigenvalue weighted by Gasteiger charge is -2.15. The number of benzene rings is 2. The van der Waals surface area contributed by atoms with Crippen molar-refractivity contribution >= 4 is 29.9 Å². The van der Waals surface area contributed by atoms with Crippen LogP contribution in [0.3, 0.4) is 0 Å². The maximum Gasteiger partial charge on any atom is 0.191 e. The smallest absolute Gasteiger partial charge is 0.191 e. The molecule has 0 fully saturated rings. The van der Waals surface area contributed by atoms with Crippen molar-refractivity contribution in [2.24, 2.45) is 4.99 Å². The molecule has 0 unspecified atom stereocenters. The predicted octanol–water partition coefficient (Wildman–Crippen LogP) is 4.28. The standard InChI is InChI=1S/C22H31N3O3.HI/c1-6-23-22(24-14-17-12-11-16(3)13-20(17)28-7-2)25-15-18-9-8-10-19(26-4)21(18)27-5;/h8-13H,6-7,14-15H2,1-5H3,(H2,23,24,25);1H. The zero-order chi connectivity index (χ0) is 20.4. The second kappa shape index (κ2) is 13.1. The highest BCUT2D eigenvalue weighted by Crippen LogP contribution is 2.31. The fourth-order valence-corrected chi connectivity index (χ4v) is 2.86. The van der Waals surface area contributed by atoms with Gasteiger partial charge in [0.25, 0.3) is 0 Å². The summed E-state index contributed by atoms with van der Waals surface area (Å²) in [6.07, 6.45) is 0. The number of nitrogens with one attached hydrogen (secondary N) is 2. The molecule has 6 nitrogen and oxygen atoms in total. The van der Waals surface area contributed by atoms with Crippen molar-refractivity contribution < 1.29 is 14.2 Å². The fourth-order valence-electron chi connectivity index (χ4n) is 2.86. The minimum atomic E-state index is 0. The van der Waals surface area contributed by atoms with E-state index in [-0.39, 0.29) is 24.0 Å². The van der Waals surface area contributed by atoms with Crippen molar-refractivity contribution in [3.8, 4) is 17.2 Å². The van der Waals surface area contributed by atoms with Crippen molar-refractivity contribution in [1.82, 2.24) is 10.6 Å². The predicted molar refractivity (Wildman–Crippen MR) is 129 cm³/mol. The zero-order valence-electron chi connectivity index (χ0n) is 17.9. The molecule has 0 amide bonds. The number of nitrogens with zero attached hydrogens (tertiary/aromatic N) is 1. The molecule has 160 valence electrons. The van der Waals surface area contributed by atoms with Crippen LogP contribution < -0.4 is 24.8 Å². The van der Waals surface area contributed by atoms with E-state index in [1.165, 1.54) is 5.56 Å². The number of hydrogen-bond donors (Lipinski definition) is 2. The lowest BCUT2D eigenvalue weighted by molar-refractivity contribution is 0.336. The van der Waals surface area contributed by atoms with Crippen molar-refractivity contribution in [3.05, 3.63) is 53.1 Å². The van der Waals surface area contributed by atoms with E-state index in [0.29, 0.717) is 31.2 Å². The second-order valence-electron chi connectivity index (χ2n) is 6.25. The van der Waals surface area contributed by atoms with Crippen molar-refractivity contribution in [3.63, 3.8) is 0 Å². The van der Waals surface area contributed by atoms with Crippen LogP contribution in [-0.4, -0.2) is 33.3 Å². The second-order valence-corrected chi connectivity index (χ2v) is 6.25. The Balaban J connectivity index is 0.00000420. The summed E-state index contributed by atoms with van der Waals surface area (Å²) in [6.45, 7) is 8.60. The van der Waals surface area contributed by atoms with E-state index in [4.69, 9.17) is 19.2 Å². The maximum atomic E-state index is 5.76. The summed E-state index contributed by atoms with van der Waals surface area (Å²) in [5.74, 6) is 3.05. The highest BCUT2D eigenvalue weighted by atomic mass is 127. The highest BCUT2D eigenvalue weighted by molar-refractivity contribution is 14.0. The molecule has 2 aromatic rings. The van der Waals surface area contributed by atoms with Crippen LogP contribution in [0.15, 0.2) is 41.4 Å². The van der Waals surface area contributed by atoms with Gasteiger partial charge in [0.05, 0.1) is 27.4 Å². The number of halogens is 1. The largest absolute Gasteiger partial charge is 0.494 e. The average Bonchev–Trinajstić information content (AvgIpc) is 2.71. The number of ether oxygens (including phenoxy) is 3. The Kier molecular flexibility index (Phi) is 11.3. The first kappa shape index (κ1) is 24.9. The van der Waals surface area contributed by atoms with E-state index in [9.17, 15) is 0 Å². The molecule has 2 N–H and O–H groups in total. The van der Waals surface area contributed by atoms with Gasteiger partial charge in [0, 0.05) is 24.2 Å². The Labute approximate surface area is 191 Å². The Bertz CT molecular complexity index is 797. The molecule has 0 aliphatic rings. The summed E-state index contributed by atoms with van der Waals surface area (Å²) < 4.78 is 16.6. The normalized spacial score (nSPS) is 10.7. The lowest BCUT2D eigenvalue weighted by atomic mass is 10.1. The molecule has 0 aromatic heterocycles. The van der Waals surface area contributed by atoms with Gasteiger partial charge < -0.3 is 24.8 Å². The Morgan fingerprint density at radius 2 is 1.76 bits per heavy atom. The summed E-state index contributed by atoms with van der Waals surface area (Å²) in [4.78, 5) is 4.69. The Morgan fingerprint density at radius 3 is 2.41 bits per heavy atom. The van der Waals surface area contributed by atoms with Crippen LogP contribution in [0.2, 0.25) is 0 Å². The lowest BCUT2D eigenvalue weighted by Crippen LogP contribution is -2.36. The van der Waals surface area contributed by atoms with Gasteiger partial charge in [-0.05, 0) is 38.5 Å². The molecule has 2 rings (SSSR count). The number of aryl methyl sites for hydroxylation is 1. The van der Waals surface area contributed by atoms with Gasteiger partial charge in [0.2, 0.25) is 0 Å². The molecule has 0 aliphatic heterocycles. The molecule has 2 aromatic carbocycles. The molecule has 29 heavy (non-hydrogen) atoms. The van der Waals surface area contributed by atoms with E-state index in [1.807, 2.05) is 32.0 Å². The third-order valence-electron chi connectivity index (χ3n) is 4.21. The van der Waals surface area contributed by atoms with Crippen molar-refractivity contribution in [2.75, 3.05) is 27.4 Å². The Morgan fingerprint density at radius 1 is 0.966 bits per heavy atom. The summed E-state index contributed by atoms with van der Waals surface area (Å²) in [5.41, 5.74) is 3.24. The number of para-hydroxylation sites is 1. The zero-order valence-corrected chi connectivity index (χ0v) is 20.2. The summed E-state index contributed by atoms with van der Waals surface area (Å²) in [7, 11) is 3.27. The van der Waals surface area contributed by atoms with Gasteiger partial charge in [0.1, 0.15) is 5.75 Å². The van der Waals surface area contributed by atoms with Gasteiger partial charge in [-0.15, -0.1) is 24.0 Å². The van der Waals surface area contributed by atoms with Crippen molar-refractivity contribution in [2.45, 2.75) is 33.9 Å². The topological polar surface area (TPSA) is 64.1 Å². The minimum absolute atomic E-state index is 0. The van der Waals surface area contributed by atoms with Crippen LogP contribution >= 0.6 is 24.0 Å². The van der Waals surface area contributed by atoms with Crippen LogP contribution in [0.4, 0.5) is 0 Å². The van der Waals surface area contributed by atoms with Crippen LogP contribution in [-0.2, 0) is 13.1 Å². The van der Waals surface area contributed by atoms with Crippen LogP contribution in [0.25, 0.3) is 0 Å². The molecule has 0 spiro atoms. The number of methoxy groups -OCH3 is 2. The fraction of sp³-hybridized carbons (Fsp3) is 0.409. The minimum Gasteiger partial charge on any atom is -0.494 e. The van der Waals surface area contributed by atoms with Crippen LogP contribution in [0.5, 0.6) is 17.2 Å². The first-order valence-electron chi connectivity index (χ1n) is 9.57. The average molecular weight is 513 g/mol. The number of aliphatic imine (C=N–C) groups is 1. The van der Waals surface area contributed by atoms with Crippen molar-refractivity contribution in [1.29, 1.82) is 0 Å². The molecule has 0 heterocycles. The number of rotatable bonds is 9. The third kappa shape index (κ3) is 7.30. The van der Waals surface area contributed by atoms with Gasteiger partial charge in [-0.3, -0.25) is 0 Å². The molecule has 0 saturated heterocycles. The van der Waals surface area contributed by atoms with Crippen LogP contribution in [0, 0.1) is 6.92 Å². The van der Waals surface area contributed by atoms with Gasteiger partial charge >= 0.3 is 0 Å². The number of guanidine groups is 1. The van der Waals surface area contributed by atoms with Crippen LogP contribution in [0.1, 0.15) is 30.5 Å². The van der Waals surface area contributed by atoms with E-state index >= 15 is 0 Å². The Hall–Kier alpha value is -2.16. The molecular weight excluding hydrogens is 481 g/mol. The maximum absolute atomic E-state index is 5.76. The summed E-state index contributed by atoms with van der Waals surface area (Å²) in [6, 6.07) is 12.0. The monoisotopic (exact) mass is 513 g/mol. The quantitative estimate of drug-likeness (QED) is 0.298. The molecule has 0 aliphatic carbocycles. The van der Waals surface area contributed by atoms with Gasteiger partial charge in [0.15, 0.2) is 17.5 Å². The summed E-state index contributed by atoms with van der Waals surface area (Å²) in [5, 5.41) is 6.66.